The summed E-state index contributed by atoms with van der Waals surface area (Å²) in [6, 6.07) is 26.0. The quantitative estimate of drug-likeness (QED) is 0.293. The Balaban J connectivity index is 1.45. The zero-order valence-electron chi connectivity index (χ0n) is 19.4. The Morgan fingerprint density at radius 2 is 1.53 bits per heavy atom. The zero-order valence-corrected chi connectivity index (χ0v) is 19.4. The van der Waals surface area contributed by atoms with Crippen molar-refractivity contribution in [3.05, 3.63) is 125 Å². The summed E-state index contributed by atoms with van der Waals surface area (Å²) in [5.74, 6) is 0. The van der Waals surface area contributed by atoms with Crippen molar-refractivity contribution < 1.29 is 0 Å². The summed E-state index contributed by atoms with van der Waals surface area (Å²) < 4.78 is 0. The lowest BCUT2D eigenvalue weighted by Gasteiger charge is -2.13. The molecule has 164 valence electrons. The highest BCUT2D eigenvalue weighted by molar-refractivity contribution is 5.87. The Labute approximate surface area is 199 Å². The molecule has 0 radical (unpaired) electrons. The van der Waals surface area contributed by atoms with Gasteiger partial charge in [0.2, 0.25) is 0 Å². The highest BCUT2D eigenvalue weighted by Crippen LogP contribution is 2.28. The average molecular weight is 440 g/mol. The molecule has 0 fully saturated rings. The Morgan fingerprint density at radius 3 is 2.47 bits per heavy atom. The molecule has 3 heteroatoms. The maximum Gasteiger partial charge on any atom is 0.0708 e. The topological polar surface area (TPSA) is 38.7 Å². The van der Waals surface area contributed by atoms with Gasteiger partial charge < -0.3 is 0 Å². The first-order chi connectivity index (χ1) is 16.6. The minimum atomic E-state index is 0.778. The Kier molecular flexibility index (Phi) is 5.03. The van der Waals surface area contributed by atoms with Crippen molar-refractivity contribution in [2.45, 2.75) is 26.7 Å². The second kappa shape index (κ2) is 8.35. The third-order valence-corrected chi connectivity index (χ3v) is 6.59. The maximum absolute atomic E-state index is 4.98. The van der Waals surface area contributed by atoms with Crippen molar-refractivity contribution in [2.24, 2.45) is 0 Å². The van der Waals surface area contributed by atoms with Gasteiger partial charge in [0, 0.05) is 46.9 Å². The fourth-order valence-electron chi connectivity index (χ4n) is 5.10. The van der Waals surface area contributed by atoms with Crippen LogP contribution in [0.2, 0.25) is 0 Å². The van der Waals surface area contributed by atoms with Crippen LogP contribution in [0.4, 0.5) is 0 Å². The van der Waals surface area contributed by atoms with E-state index in [2.05, 4.69) is 85.6 Å². The molecular formula is C31H25N3. The third kappa shape index (κ3) is 3.80. The lowest BCUT2D eigenvalue weighted by atomic mass is 9.93. The van der Waals surface area contributed by atoms with Crippen LogP contribution in [-0.2, 0) is 12.8 Å². The van der Waals surface area contributed by atoms with Crippen molar-refractivity contribution in [2.75, 3.05) is 0 Å². The van der Waals surface area contributed by atoms with Crippen LogP contribution >= 0.6 is 0 Å². The molecule has 0 amide bonds. The number of para-hydroxylation sites is 1. The molecule has 3 nitrogen and oxygen atoms in total. The SMILES string of the molecule is Cc1cc(Cc2cc(Cc3cc(C)c4ccccc4n3)c3cccnc3c2)c2ccncc2c1. The summed E-state index contributed by atoms with van der Waals surface area (Å²) in [5, 5.41) is 4.85. The Bertz CT molecular complexity index is 1680. The number of aryl methyl sites for hydroxylation is 2. The molecule has 0 N–H and O–H groups in total. The molecule has 3 aromatic heterocycles. The van der Waals surface area contributed by atoms with Gasteiger partial charge in [-0.1, -0.05) is 42.0 Å². The molecule has 0 spiro atoms. The van der Waals surface area contributed by atoms with Crippen LogP contribution in [0, 0.1) is 13.8 Å². The van der Waals surface area contributed by atoms with E-state index < -0.39 is 0 Å². The number of hydrogen-bond acceptors (Lipinski definition) is 3. The van der Waals surface area contributed by atoms with E-state index in [1.54, 1.807) is 0 Å². The molecule has 6 rings (SSSR count). The lowest BCUT2D eigenvalue weighted by Crippen LogP contribution is -1.99. The molecule has 6 aromatic rings. The van der Waals surface area contributed by atoms with Gasteiger partial charge in [0.15, 0.2) is 0 Å². The van der Waals surface area contributed by atoms with E-state index in [-0.39, 0.29) is 0 Å². The van der Waals surface area contributed by atoms with Crippen molar-refractivity contribution in [3.63, 3.8) is 0 Å². The molecule has 34 heavy (non-hydrogen) atoms. The molecule has 0 bridgehead atoms. The van der Waals surface area contributed by atoms with Crippen LogP contribution in [-0.4, -0.2) is 15.0 Å². The summed E-state index contributed by atoms with van der Waals surface area (Å²) in [7, 11) is 0. The molecule has 0 saturated heterocycles. The van der Waals surface area contributed by atoms with Crippen molar-refractivity contribution >= 4 is 32.6 Å². The minimum absolute atomic E-state index is 0.778. The number of rotatable bonds is 4. The molecule has 0 aliphatic heterocycles. The number of nitrogens with zero attached hydrogens (tertiary/aromatic N) is 3. The van der Waals surface area contributed by atoms with Gasteiger partial charge in [0.05, 0.1) is 11.0 Å². The van der Waals surface area contributed by atoms with Gasteiger partial charge in [-0.15, -0.1) is 0 Å². The smallest absolute Gasteiger partial charge is 0.0708 e. The van der Waals surface area contributed by atoms with Gasteiger partial charge in [-0.2, -0.15) is 0 Å². The van der Waals surface area contributed by atoms with Crippen molar-refractivity contribution in [1.82, 2.24) is 15.0 Å². The number of aromatic nitrogens is 3. The van der Waals surface area contributed by atoms with Crippen LogP contribution in [0.3, 0.4) is 0 Å². The van der Waals surface area contributed by atoms with E-state index in [0.29, 0.717) is 0 Å². The molecule has 0 aliphatic carbocycles. The third-order valence-electron chi connectivity index (χ3n) is 6.59. The predicted octanol–water partition coefficient (Wildman–Crippen LogP) is 7.13. The molecule has 3 heterocycles. The first-order valence-electron chi connectivity index (χ1n) is 11.7. The number of fused-ring (bicyclic) bond motifs is 3. The van der Waals surface area contributed by atoms with Crippen LogP contribution in [0.25, 0.3) is 32.6 Å². The van der Waals surface area contributed by atoms with Crippen molar-refractivity contribution in [3.8, 4) is 0 Å². The van der Waals surface area contributed by atoms with Gasteiger partial charge in [-0.3, -0.25) is 15.0 Å². The van der Waals surface area contributed by atoms with Crippen LogP contribution in [0.1, 0.15) is 33.5 Å². The molecule has 0 saturated carbocycles. The summed E-state index contributed by atoms with van der Waals surface area (Å²) in [6.07, 6.45) is 7.34. The second-order valence-corrected chi connectivity index (χ2v) is 9.15. The van der Waals surface area contributed by atoms with Crippen molar-refractivity contribution in [1.29, 1.82) is 0 Å². The number of benzene rings is 3. The van der Waals surface area contributed by atoms with E-state index in [1.165, 1.54) is 49.4 Å². The van der Waals surface area contributed by atoms with Crippen LogP contribution in [0.5, 0.6) is 0 Å². The first kappa shape index (κ1) is 20.5. The van der Waals surface area contributed by atoms with E-state index >= 15 is 0 Å². The molecule has 3 aromatic carbocycles. The Hall–Kier alpha value is -4.11. The summed E-state index contributed by atoms with van der Waals surface area (Å²) in [6.45, 7) is 4.32. The largest absolute Gasteiger partial charge is 0.264 e. The van der Waals surface area contributed by atoms with E-state index in [0.717, 1.165) is 29.6 Å². The monoisotopic (exact) mass is 439 g/mol. The Morgan fingerprint density at radius 1 is 0.676 bits per heavy atom. The first-order valence-corrected chi connectivity index (χ1v) is 11.7. The summed E-state index contributed by atoms with van der Waals surface area (Å²) in [4.78, 5) is 14.0. The summed E-state index contributed by atoms with van der Waals surface area (Å²) in [5.41, 5.74) is 9.54. The van der Waals surface area contributed by atoms with Crippen LogP contribution in [0.15, 0.2) is 91.4 Å². The standard InChI is InChI=1S/C31H25N3/c1-20-12-23(28-9-11-32-19-25(28)13-20)15-22-16-24(29-7-5-10-33-31(29)17-22)18-26-14-21(2)27-6-3-4-8-30(27)34-26/h3-14,16-17,19H,15,18H2,1-2H3. The number of pyridine rings is 3. The summed E-state index contributed by atoms with van der Waals surface area (Å²) >= 11 is 0. The van der Waals surface area contributed by atoms with Gasteiger partial charge in [0.1, 0.15) is 0 Å². The van der Waals surface area contributed by atoms with Crippen LogP contribution < -0.4 is 0 Å². The van der Waals surface area contributed by atoms with Gasteiger partial charge in [0.25, 0.3) is 0 Å². The highest BCUT2D eigenvalue weighted by Gasteiger charge is 2.11. The highest BCUT2D eigenvalue weighted by atomic mass is 14.7. The predicted molar refractivity (Wildman–Crippen MR) is 140 cm³/mol. The fourth-order valence-corrected chi connectivity index (χ4v) is 5.10. The van der Waals surface area contributed by atoms with Gasteiger partial charge >= 0.3 is 0 Å². The van der Waals surface area contributed by atoms with E-state index in [9.17, 15) is 0 Å². The number of hydrogen-bond donors (Lipinski definition) is 0. The molecular weight excluding hydrogens is 414 g/mol. The molecule has 0 aliphatic rings. The van der Waals surface area contributed by atoms with Gasteiger partial charge in [-0.25, -0.2) is 0 Å². The van der Waals surface area contributed by atoms with E-state index in [1.807, 2.05) is 24.7 Å². The maximum atomic E-state index is 4.98. The normalized spacial score (nSPS) is 11.5. The fraction of sp³-hybridized carbons (Fsp3) is 0.129. The molecule has 0 atom stereocenters. The van der Waals surface area contributed by atoms with Gasteiger partial charge in [-0.05, 0) is 84.3 Å². The average Bonchev–Trinajstić information content (AvgIpc) is 2.84. The lowest BCUT2D eigenvalue weighted by molar-refractivity contribution is 1.09. The van der Waals surface area contributed by atoms with E-state index in [4.69, 9.17) is 9.97 Å². The molecule has 0 unspecified atom stereocenters. The zero-order chi connectivity index (χ0) is 23.1. The second-order valence-electron chi connectivity index (χ2n) is 9.15. The minimum Gasteiger partial charge on any atom is -0.264 e.